The Morgan fingerprint density at radius 3 is 2.19 bits per heavy atom. The number of likely N-dealkylation sites (N-methyl/N-ethyl adjacent to an activating group) is 1. The molecule has 1 N–H and O–H groups in total. The van der Waals surface area contributed by atoms with Crippen LogP contribution in [0.3, 0.4) is 0 Å². The molecule has 0 saturated heterocycles. The van der Waals surface area contributed by atoms with E-state index in [-0.39, 0.29) is 5.56 Å². The summed E-state index contributed by atoms with van der Waals surface area (Å²) in [5, 5.41) is 3.12. The fraction of sp³-hybridized carbons (Fsp3) is 0.294. The lowest BCUT2D eigenvalue weighted by Gasteiger charge is -2.19. The average Bonchev–Trinajstić information content (AvgIpc) is 2.45. The number of halogens is 3. The van der Waals surface area contributed by atoms with Gasteiger partial charge in [-0.05, 0) is 31.5 Å². The molecule has 0 aliphatic rings. The lowest BCUT2D eigenvalue weighted by atomic mass is 9.97. The Morgan fingerprint density at radius 1 is 0.952 bits per heavy atom. The molecule has 0 aromatic heterocycles. The zero-order valence-corrected chi connectivity index (χ0v) is 12.1. The molecule has 0 spiro atoms. The second kappa shape index (κ2) is 6.76. The van der Waals surface area contributed by atoms with Crippen LogP contribution in [0.4, 0.5) is 13.2 Å². The fourth-order valence-corrected chi connectivity index (χ4v) is 2.30. The topological polar surface area (TPSA) is 12.0 Å². The summed E-state index contributed by atoms with van der Waals surface area (Å²) in [6, 6.07) is 9.00. The zero-order valence-electron chi connectivity index (χ0n) is 12.1. The van der Waals surface area contributed by atoms with E-state index in [1.165, 1.54) is 0 Å². The van der Waals surface area contributed by atoms with E-state index < -0.39 is 23.5 Å². The molecule has 0 amide bonds. The number of hydrogen-bond acceptors (Lipinski definition) is 1. The van der Waals surface area contributed by atoms with Gasteiger partial charge in [0.1, 0.15) is 5.82 Å². The largest absolute Gasteiger partial charge is 0.310 e. The van der Waals surface area contributed by atoms with Gasteiger partial charge in [-0.2, -0.15) is 0 Å². The Hall–Kier alpha value is -1.81. The van der Waals surface area contributed by atoms with Crippen LogP contribution in [0.25, 0.3) is 0 Å². The molecule has 2 aromatic carbocycles. The van der Waals surface area contributed by atoms with Crippen LogP contribution in [0.2, 0.25) is 0 Å². The summed E-state index contributed by atoms with van der Waals surface area (Å²) in [5.41, 5.74) is 2.30. The molecule has 1 nitrogen and oxygen atoms in total. The van der Waals surface area contributed by atoms with Crippen molar-refractivity contribution in [2.45, 2.75) is 26.3 Å². The predicted octanol–water partition coefficient (Wildman–Crippen LogP) is 4.31. The molecule has 0 heterocycles. The summed E-state index contributed by atoms with van der Waals surface area (Å²) in [6.45, 7) is 4.48. The number of hydrogen-bond donors (Lipinski definition) is 1. The van der Waals surface area contributed by atoms with E-state index in [1.54, 1.807) is 0 Å². The molecule has 21 heavy (non-hydrogen) atoms. The molecular weight excluding hydrogens is 275 g/mol. The lowest BCUT2D eigenvalue weighted by molar-refractivity contribution is 0.467. The molecule has 4 heteroatoms. The molecule has 0 aliphatic heterocycles. The van der Waals surface area contributed by atoms with Crippen molar-refractivity contribution in [3.05, 3.63) is 70.5 Å². The highest BCUT2D eigenvalue weighted by Crippen LogP contribution is 2.24. The van der Waals surface area contributed by atoms with Gasteiger partial charge in [0.15, 0.2) is 11.6 Å². The highest BCUT2D eigenvalue weighted by Gasteiger charge is 2.18. The fourth-order valence-electron chi connectivity index (χ4n) is 2.30. The summed E-state index contributed by atoms with van der Waals surface area (Å²) in [6.07, 6.45) is 0.510. The van der Waals surface area contributed by atoms with Gasteiger partial charge in [-0.3, -0.25) is 0 Å². The van der Waals surface area contributed by atoms with Crippen molar-refractivity contribution in [1.82, 2.24) is 5.32 Å². The molecular formula is C17H18F3N. The second-order valence-corrected chi connectivity index (χ2v) is 5.09. The summed E-state index contributed by atoms with van der Waals surface area (Å²) in [5.74, 6) is -2.92. The van der Waals surface area contributed by atoms with E-state index in [1.807, 2.05) is 38.1 Å². The van der Waals surface area contributed by atoms with Gasteiger partial charge in [-0.15, -0.1) is 0 Å². The van der Waals surface area contributed by atoms with Crippen molar-refractivity contribution >= 4 is 0 Å². The molecule has 0 saturated carbocycles. The normalized spacial score (nSPS) is 12.4. The van der Waals surface area contributed by atoms with Crippen LogP contribution < -0.4 is 5.32 Å². The maximum atomic E-state index is 13.9. The first-order chi connectivity index (χ1) is 10.0. The molecule has 2 rings (SSSR count). The Balaban J connectivity index is 2.30. The molecule has 0 radical (unpaired) electrons. The Bertz CT molecular complexity index is 608. The SMILES string of the molecule is CCNC(Cc1ccc(C)cc1)c1cc(F)c(F)cc1F. The third-order valence-corrected chi connectivity index (χ3v) is 3.43. The average molecular weight is 293 g/mol. The van der Waals surface area contributed by atoms with E-state index in [2.05, 4.69) is 5.32 Å². The van der Waals surface area contributed by atoms with Crippen LogP contribution in [0.5, 0.6) is 0 Å². The standard InChI is InChI=1S/C17H18F3N/c1-3-21-17(8-12-6-4-11(2)5-7-12)13-9-15(19)16(20)10-14(13)18/h4-7,9-10,17,21H,3,8H2,1-2H3. The minimum Gasteiger partial charge on any atom is -0.310 e. The minimum atomic E-state index is -1.16. The van der Waals surface area contributed by atoms with Gasteiger partial charge in [-0.1, -0.05) is 36.8 Å². The molecule has 1 unspecified atom stereocenters. The van der Waals surface area contributed by atoms with Crippen LogP contribution in [0.15, 0.2) is 36.4 Å². The first-order valence-corrected chi connectivity index (χ1v) is 6.94. The third-order valence-electron chi connectivity index (χ3n) is 3.43. The lowest BCUT2D eigenvalue weighted by Crippen LogP contribution is -2.24. The smallest absolute Gasteiger partial charge is 0.161 e. The van der Waals surface area contributed by atoms with Gasteiger partial charge >= 0.3 is 0 Å². The minimum absolute atomic E-state index is 0.149. The highest BCUT2D eigenvalue weighted by molar-refractivity contribution is 5.28. The van der Waals surface area contributed by atoms with E-state index in [4.69, 9.17) is 0 Å². The van der Waals surface area contributed by atoms with E-state index in [0.717, 1.165) is 17.2 Å². The molecule has 112 valence electrons. The van der Waals surface area contributed by atoms with Gasteiger partial charge in [0.25, 0.3) is 0 Å². The maximum absolute atomic E-state index is 13.9. The van der Waals surface area contributed by atoms with Crippen LogP contribution in [-0.2, 0) is 6.42 Å². The monoisotopic (exact) mass is 293 g/mol. The number of nitrogens with one attached hydrogen (secondary N) is 1. The molecule has 0 aliphatic carbocycles. The zero-order chi connectivity index (χ0) is 15.4. The van der Waals surface area contributed by atoms with Crippen LogP contribution in [-0.4, -0.2) is 6.54 Å². The van der Waals surface area contributed by atoms with Gasteiger partial charge in [-0.25, -0.2) is 13.2 Å². The van der Waals surface area contributed by atoms with Gasteiger partial charge < -0.3 is 5.32 Å². The molecule has 0 fully saturated rings. The summed E-state index contributed by atoms with van der Waals surface area (Å²) >= 11 is 0. The number of benzene rings is 2. The molecule has 1 atom stereocenters. The van der Waals surface area contributed by atoms with Gasteiger partial charge in [0.2, 0.25) is 0 Å². The first kappa shape index (κ1) is 15.6. The summed E-state index contributed by atoms with van der Waals surface area (Å²) in [7, 11) is 0. The van der Waals surface area contributed by atoms with Gasteiger partial charge in [0, 0.05) is 17.7 Å². The molecule has 2 aromatic rings. The maximum Gasteiger partial charge on any atom is 0.161 e. The van der Waals surface area contributed by atoms with Crippen molar-refractivity contribution < 1.29 is 13.2 Å². The second-order valence-electron chi connectivity index (χ2n) is 5.09. The Kier molecular flexibility index (Phi) is 5.02. The molecule has 0 bridgehead atoms. The first-order valence-electron chi connectivity index (χ1n) is 6.94. The van der Waals surface area contributed by atoms with E-state index >= 15 is 0 Å². The van der Waals surface area contributed by atoms with Crippen molar-refractivity contribution in [2.24, 2.45) is 0 Å². The number of aryl methyl sites for hydroxylation is 1. The van der Waals surface area contributed by atoms with Crippen molar-refractivity contribution in [1.29, 1.82) is 0 Å². The summed E-state index contributed by atoms with van der Waals surface area (Å²) in [4.78, 5) is 0. The quantitative estimate of drug-likeness (QED) is 0.810. The Labute approximate surface area is 122 Å². The van der Waals surface area contributed by atoms with E-state index in [0.29, 0.717) is 19.0 Å². The van der Waals surface area contributed by atoms with Gasteiger partial charge in [0.05, 0.1) is 0 Å². The van der Waals surface area contributed by atoms with Crippen molar-refractivity contribution in [3.8, 4) is 0 Å². The van der Waals surface area contributed by atoms with Crippen LogP contribution in [0.1, 0.15) is 29.7 Å². The predicted molar refractivity (Wildman–Crippen MR) is 77.6 cm³/mol. The van der Waals surface area contributed by atoms with Crippen molar-refractivity contribution in [2.75, 3.05) is 6.54 Å². The van der Waals surface area contributed by atoms with Crippen LogP contribution >= 0.6 is 0 Å². The Morgan fingerprint density at radius 2 is 1.57 bits per heavy atom. The van der Waals surface area contributed by atoms with Crippen LogP contribution in [0, 0.1) is 24.4 Å². The van der Waals surface area contributed by atoms with E-state index in [9.17, 15) is 13.2 Å². The highest BCUT2D eigenvalue weighted by atomic mass is 19.2. The third kappa shape index (κ3) is 3.85. The van der Waals surface area contributed by atoms with Crippen molar-refractivity contribution in [3.63, 3.8) is 0 Å². The summed E-state index contributed by atoms with van der Waals surface area (Å²) < 4.78 is 40.4. The number of rotatable bonds is 5.